The summed E-state index contributed by atoms with van der Waals surface area (Å²) in [4.78, 5) is 11.6. The lowest BCUT2D eigenvalue weighted by Crippen LogP contribution is -2.23. The number of thiophene rings is 1. The standard InChI is InChI=1S/C16H18FNO2S/c1-2-16(6-7-16)9-18-8-10-13-11(17)4-3-5-12(13)21-14(10)15(19)20/h3-5,18H,2,6-9H2,1H3,(H,19,20). The predicted octanol–water partition coefficient (Wildman–Crippen LogP) is 4.02. The summed E-state index contributed by atoms with van der Waals surface area (Å²) in [7, 11) is 0. The molecule has 0 spiro atoms. The number of carbonyl (C=O) groups is 1. The monoisotopic (exact) mass is 307 g/mol. The number of aromatic carboxylic acids is 1. The van der Waals surface area contributed by atoms with E-state index in [4.69, 9.17) is 0 Å². The summed E-state index contributed by atoms with van der Waals surface area (Å²) in [6, 6.07) is 4.78. The van der Waals surface area contributed by atoms with Gasteiger partial charge in [0.1, 0.15) is 10.7 Å². The number of halogens is 1. The Hall–Kier alpha value is -1.46. The fourth-order valence-electron chi connectivity index (χ4n) is 2.79. The molecule has 0 saturated heterocycles. The first-order chi connectivity index (χ1) is 10.1. The maximum absolute atomic E-state index is 14.0. The normalized spacial score (nSPS) is 16.3. The second kappa shape index (κ2) is 5.39. The van der Waals surface area contributed by atoms with Gasteiger partial charge in [0.15, 0.2) is 0 Å². The summed E-state index contributed by atoms with van der Waals surface area (Å²) in [5.74, 6) is -1.33. The molecule has 1 aromatic heterocycles. The van der Waals surface area contributed by atoms with Crippen molar-refractivity contribution in [1.29, 1.82) is 0 Å². The molecule has 3 nitrogen and oxygen atoms in total. The summed E-state index contributed by atoms with van der Waals surface area (Å²) >= 11 is 1.15. The van der Waals surface area contributed by atoms with Crippen molar-refractivity contribution in [3.05, 3.63) is 34.5 Å². The van der Waals surface area contributed by atoms with Gasteiger partial charge in [0, 0.05) is 28.7 Å². The molecule has 0 atom stereocenters. The lowest BCUT2D eigenvalue weighted by atomic mass is 10.0. The zero-order valence-corrected chi connectivity index (χ0v) is 12.7. The zero-order chi connectivity index (χ0) is 15.0. The molecule has 1 saturated carbocycles. The minimum atomic E-state index is -0.982. The Morgan fingerprint density at radius 3 is 2.86 bits per heavy atom. The van der Waals surface area contributed by atoms with Crippen molar-refractivity contribution in [2.24, 2.45) is 5.41 Å². The molecule has 2 N–H and O–H groups in total. The van der Waals surface area contributed by atoms with Crippen LogP contribution in [0, 0.1) is 11.2 Å². The highest BCUT2D eigenvalue weighted by atomic mass is 32.1. The van der Waals surface area contributed by atoms with Crippen LogP contribution in [0.2, 0.25) is 0 Å². The quantitative estimate of drug-likeness (QED) is 0.847. The number of rotatable bonds is 6. The number of nitrogens with one attached hydrogen (secondary N) is 1. The van der Waals surface area contributed by atoms with E-state index in [1.54, 1.807) is 12.1 Å². The number of benzene rings is 1. The first-order valence-corrected chi connectivity index (χ1v) is 8.02. The number of carboxylic acids is 1. The van der Waals surface area contributed by atoms with Crippen LogP contribution in [0.1, 0.15) is 41.4 Å². The largest absolute Gasteiger partial charge is 0.477 e. The number of hydrogen-bond acceptors (Lipinski definition) is 3. The van der Waals surface area contributed by atoms with Gasteiger partial charge in [-0.3, -0.25) is 0 Å². The van der Waals surface area contributed by atoms with Crippen LogP contribution in [0.5, 0.6) is 0 Å². The highest BCUT2D eigenvalue weighted by Crippen LogP contribution is 2.48. The van der Waals surface area contributed by atoms with Gasteiger partial charge in [-0.15, -0.1) is 11.3 Å². The Morgan fingerprint density at radius 1 is 1.48 bits per heavy atom. The van der Waals surface area contributed by atoms with E-state index < -0.39 is 5.97 Å². The Labute approximate surface area is 126 Å². The molecule has 0 amide bonds. The molecule has 1 fully saturated rings. The third-order valence-electron chi connectivity index (χ3n) is 4.47. The van der Waals surface area contributed by atoms with Crippen molar-refractivity contribution in [3.8, 4) is 0 Å². The van der Waals surface area contributed by atoms with Gasteiger partial charge in [-0.1, -0.05) is 13.0 Å². The summed E-state index contributed by atoms with van der Waals surface area (Å²) < 4.78 is 14.7. The molecule has 112 valence electrons. The fraction of sp³-hybridized carbons (Fsp3) is 0.438. The lowest BCUT2D eigenvalue weighted by Gasteiger charge is -2.13. The van der Waals surface area contributed by atoms with E-state index in [1.165, 1.54) is 18.9 Å². The van der Waals surface area contributed by atoms with E-state index in [9.17, 15) is 14.3 Å². The molecular weight excluding hydrogens is 289 g/mol. The van der Waals surface area contributed by atoms with Gasteiger partial charge in [-0.25, -0.2) is 9.18 Å². The van der Waals surface area contributed by atoms with Crippen LogP contribution in [0.3, 0.4) is 0 Å². The van der Waals surface area contributed by atoms with Crippen LogP contribution in [0.15, 0.2) is 18.2 Å². The molecule has 1 aromatic carbocycles. The lowest BCUT2D eigenvalue weighted by molar-refractivity contribution is 0.0701. The van der Waals surface area contributed by atoms with Gasteiger partial charge in [-0.05, 0) is 36.8 Å². The van der Waals surface area contributed by atoms with Crippen LogP contribution in [0.25, 0.3) is 10.1 Å². The summed E-state index contributed by atoms with van der Waals surface area (Å²) in [6.45, 7) is 3.45. The first kappa shape index (κ1) is 14.5. The molecular formula is C16H18FNO2S. The molecule has 1 aliphatic carbocycles. The average Bonchev–Trinajstić information content (AvgIpc) is 3.13. The smallest absolute Gasteiger partial charge is 0.346 e. The van der Waals surface area contributed by atoms with Crippen molar-refractivity contribution in [2.45, 2.75) is 32.7 Å². The number of hydrogen-bond donors (Lipinski definition) is 2. The maximum atomic E-state index is 14.0. The summed E-state index contributed by atoms with van der Waals surface area (Å²) in [5, 5.41) is 13.1. The van der Waals surface area contributed by atoms with Gasteiger partial charge in [0.2, 0.25) is 0 Å². The molecule has 1 aliphatic rings. The van der Waals surface area contributed by atoms with E-state index >= 15 is 0 Å². The van der Waals surface area contributed by atoms with Crippen LogP contribution in [-0.2, 0) is 6.54 Å². The van der Waals surface area contributed by atoms with E-state index in [-0.39, 0.29) is 10.7 Å². The van der Waals surface area contributed by atoms with Crippen LogP contribution in [-0.4, -0.2) is 17.6 Å². The fourth-order valence-corrected chi connectivity index (χ4v) is 3.87. The van der Waals surface area contributed by atoms with E-state index in [2.05, 4.69) is 12.2 Å². The Bertz CT molecular complexity index is 691. The van der Waals surface area contributed by atoms with Crippen molar-refractivity contribution in [2.75, 3.05) is 6.54 Å². The average molecular weight is 307 g/mol. The van der Waals surface area contributed by atoms with Crippen LogP contribution < -0.4 is 5.32 Å². The maximum Gasteiger partial charge on any atom is 0.346 e. The van der Waals surface area contributed by atoms with Gasteiger partial charge in [-0.2, -0.15) is 0 Å². The van der Waals surface area contributed by atoms with Crippen molar-refractivity contribution in [1.82, 2.24) is 5.32 Å². The topological polar surface area (TPSA) is 49.3 Å². The molecule has 0 radical (unpaired) electrons. The Morgan fingerprint density at radius 2 is 2.24 bits per heavy atom. The van der Waals surface area contributed by atoms with Crippen molar-refractivity contribution in [3.63, 3.8) is 0 Å². The zero-order valence-electron chi connectivity index (χ0n) is 11.9. The van der Waals surface area contributed by atoms with Gasteiger partial charge < -0.3 is 10.4 Å². The van der Waals surface area contributed by atoms with Crippen LogP contribution in [0.4, 0.5) is 4.39 Å². The third kappa shape index (κ3) is 2.68. The van der Waals surface area contributed by atoms with Crippen molar-refractivity contribution < 1.29 is 14.3 Å². The summed E-state index contributed by atoms with van der Waals surface area (Å²) in [5.41, 5.74) is 0.959. The van der Waals surface area contributed by atoms with E-state index in [0.29, 0.717) is 27.6 Å². The summed E-state index contributed by atoms with van der Waals surface area (Å²) in [6.07, 6.45) is 3.58. The second-order valence-electron chi connectivity index (χ2n) is 5.78. The third-order valence-corrected chi connectivity index (χ3v) is 5.65. The first-order valence-electron chi connectivity index (χ1n) is 7.20. The van der Waals surface area contributed by atoms with E-state index in [1.807, 2.05) is 0 Å². The van der Waals surface area contributed by atoms with Gasteiger partial charge in [0.25, 0.3) is 0 Å². The molecule has 3 rings (SSSR count). The van der Waals surface area contributed by atoms with Crippen molar-refractivity contribution >= 4 is 27.4 Å². The molecule has 21 heavy (non-hydrogen) atoms. The number of carboxylic acid groups (broad SMARTS) is 1. The Balaban J connectivity index is 1.88. The predicted molar refractivity (Wildman–Crippen MR) is 82.4 cm³/mol. The molecule has 0 bridgehead atoms. The Kier molecular flexibility index (Phi) is 3.71. The van der Waals surface area contributed by atoms with Gasteiger partial charge >= 0.3 is 5.97 Å². The van der Waals surface area contributed by atoms with Crippen LogP contribution >= 0.6 is 11.3 Å². The molecule has 0 aliphatic heterocycles. The second-order valence-corrected chi connectivity index (χ2v) is 6.84. The molecule has 5 heteroatoms. The van der Waals surface area contributed by atoms with E-state index in [0.717, 1.165) is 24.3 Å². The van der Waals surface area contributed by atoms with Gasteiger partial charge in [0.05, 0.1) is 0 Å². The highest BCUT2D eigenvalue weighted by Gasteiger charge is 2.40. The number of fused-ring (bicyclic) bond motifs is 1. The minimum Gasteiger partial charge on any atom is -0.477 e. The highest BCUT2D eigenvalue weighted by molar-refractivity contribution is 7.21. The molecule has 1 heterocycles. The molecule has 0 unspecified atom stereocenters. The molecule has 2 aromatic rings. The SMILES string of the molecule is CCC1(CNCc2c(C(=O)O)sc3cccc(F)c23)CC1. The minimum absolute atomic E-state index is 0.240.